The Labute approximate surface area is 176 Å². The van der Waals surface area contributed by atoms with Crippen LogP contribution in [0, 0.1) is 0 Å². The zero-order chi connectivity index (χ0) is 21.1. The van der Waals surface area contributed by atoms with Crippen LogP contribution >= 0.6 is 0 Å². The molecule has 3 aromatic rings. The molecule has 0 saturated carbocycles. The van der Waals surface area contributed by atoms with Gasteiger partial charge in [-0.1, -0.05) is 13.8 Å². The van der Waals surface area contributed by atoms with Gasteiger partial charge in [-0.05, 0) is 36.5 Å². The Hall–Kier alpha value is -3.29. The molecular weight excluding hydrogens is 378 g/mol. The lowest BCUT2D eigenvalue weighted by Gasteiger charge is -2.32. The standard InChI is InChI=1S/C22H27N7O/c1-15(2)20-19(16-4-8-23-9-5-16)13-24-22(27-20)29-10-6-18(7-11-29)26-21(30)17-12-25-28(3)14-17/h4-5,8-9,12-15,18H,6-7,10-11H2,1-3H3,(H,26,30). The summed E-state index contributed by atoms with van der Waals surface area (Å²) in [6.45, 7) is 5.92. The van der Waals surface area contributed by atoms with E-state index in [1.54, 1.807) is 36.5 Å². The fourth-order valence-corrected chi connectivity index (χ4v) is 3.76. The number of amides is 1. The Morgan fingerprint density at radius 1 is 1.17 bits per heavy atom. The van der Waals surface area contributed by atoms with Crippen molar-refractivity contribution in [3.63, 3.8) is 0 Å². The zero-order valence-electron chi connectivity index (χ0n) is 17.6. The van der Waals surface area contributed by atoms with Crippen LogP contribution in [0.1, 0.15) is 48.7 Å². The molecule has 1 aliphatic heterocycles. The number of nitrogens with zero attached hydrogens (tertiary/aromatic N) is 6. The molecule has 3 aromatic heterocycles. The summed E-state index contributed by atoms with van der Waals surface area (Å²) in [6.07, 6.45) is 10.5. The molecule has 1 amide bonds. The maximum atomic E-state index is 12.4. The van der Waals surface area contributed by atoms with Gasteiger partial charge in [0, 0.05) is 56.5 Å². The van der Waals surface area contributed by atoms with Crippen LogP contribution in [0.4, 0.5) is 5.95 Å². The lowest BCUT2D eigenvalue weighted by atomic mass is 10.00. The molecule has 8 nitrogen and oxygen atoms in total. The van der Waals surface area contributed by atoms with Gasteiger partial charge in [0.1, 0.15) is 0 Å². The summed E-state index contributed by atoms with van der Waals surface area (Å²) in [4.78, 5) is 28.2. The van der Waals surface area contributed by atoms with E-state index in [2.05, 4.69) is 39.1 Å². The molecule has 156 valence electrons. The molecule has 0 atom stereocenters. The van der Waals surface area contributed by atoms with Crippen molar-refractivity contribution in [1.82, 2.24) is 30.0 Å². The second-order valence-corrected chi connectivity index (χ2v) is 8.00. The van der Waals surface area contributed by atoms with Gasteiger partial charge >= 0.3 is 0 Å². The number of hydrogen-bond acceptors (Lipinski definition) is 6. The van der Waals surface area contributed by atoms with E-state index in [9.17, 15) is 4.79 Å². The van der Waals surface area contributed by atoms with E-state index in [-0.39, 0.29) is 17.9 Å². The molecule has 0 unspecified atom stereocenters. The molecule has 0 radical (unpaired) electrons. The topological polar surface area (TPSA) is 88.8 Å². The molecule has 0 spiro atoms. The van der Waals surface area contributed by atoms with Crippen LogP contribution in [0.2, 0.25) is 0 Å². The highest BCUT2D eigenvalue weighted by Gasteiger charge is 2.24. The highest BCUT2D eigenvalue weighted by atomic mass is 16.1. The van der Waals surface area contributed by atoms with Gasteiger partial charge in [0.2, 0.25) is 5.95 Å². The number of hydrogen-bond donors (Lipinski definition) is 1. The van der Waals surface area contributed by atoms with Gasteiger partial charge in [-0.3, -0.25) is 14.5 Å². The molecule has 0 aliphatic carbocycles. The second kappa shape index (κ2) is 8.61. The quantitative estimate of drug-likeness (QED) is 0.702. The number of rotatable bonds is 5. The van der Waals surface area contributed by atoms with Crippen molar-refractivity contribution in [3.05, 3.63) is 54.4 Å². The first kappa shape index (κ1) is 20.0. The lowest BCUT2D eigenvalue weighted by molar-refractivity contribution is 0.0931. The number of carbonyl (C=O) groups is 1. The monoisotopic (exact) mass is 405 g/mol. The molecule has 0 aromatic carbocycles. The van der Waals surface area contributed by atoms with Crippen LogP contribution in [-0.4, -0.2) is 49.8 Å². The summed E-state index contributed by atoms with van der Waals surface area (Å²) in [5.74, 6) is 0.973. The van der Waals surface area contributed by atoms with E-state index >= 15 is 0 Å². The van der Waals surface area contributed by atoms with Crippen molar-refractivity contribution in [2.45, 2.75) is 38.6 Å². The molecule has 1 fully saturated rings. The van der Waals surface area contributed by atoms with E-state index in [1.807, 2.05) is 18.3 Å². The smallest absolute Gasteiger partial charge is 0.254 e. The zero-order valence-corrected chi connectivity index (χ0v) is 17.6. The average Bonchev–Trinajstić information content (AvgIpc) is 3.21. The van der Waals surface area contributed by atoms with Crippen molar-refractivity contribution < 1.29 is 4.79 Å². The predicted octanol–water partition coefficient (Wildman–Crippen LogP) is 2.79. The third-order valence-electron chi connectivity index (χ3n) is 5.42. The van der Waals surface area contributed by atoms with Gasteiger partial charge in [0.25, 0.3) is 5.91 Å². The average molecular weight is 406 g/mol. The normalized spacial score (nSPS) is 14.9. The number of carbonyl (C=O) groups excluding carboxylic acids is 1. The third kappa shape index (κ3) is 4.32. The van der Waals surface area contributed by atoms with Crippen molar-refractivity contribution in [1.29, 1.82) is 0 Å². The number of piperidine rings is 1. The van der Waals surface area contributed by atoms with Crippen LogP contribution in [0.15, 0.2) is 43.1 Å². The Morgan fingerprint density at radius 2 is 1.90 bits per heavy atom. The van der Waals surface area contributed by atoms with Crippen LogP contribution in [0.5, 0.6) is 0 Å². The summed E-state index contributed by atoms with van der Waals surface area (Å²) in [7, 11) is 1.81. The van der Waals surface area contributed by atoms with E-state index in [1.165, 1.54) is 0 Å². The molecule has 1 aliphatic rings. The van der Waals surface area contributed by atoms with Gasteiger partial charge < -0.3 is 10.2 Å². The van der Waals surface area contributed by atoms with Crippen LogP contribution < -0.4 is 10.2 Å². The third-order valence-corrected chi connectivity index (χ3v) is 5.42. The van der Waals surface area contributed by atoms with Crippen LogP contribution in [0.25, 0.3) is 11.1 Å². The minimum absolute atomic E-state index is 0.0680. The summed E-state index contributed by atoms with van der Waals surface area (Å²) in [5.41, 5.74) is 3.77. The first-order chi connectivity index (χ1) is 14.5. The number of aryl methyl sites for hydroxylation is 1. The van der Waals surface area contributed by atoms with Gasteiger partial charge in [0.15, 0.2) is 0 Å². The maximum Gasteiger partial charge on any atom is 0.254 e. The van der Waals surface area contributed by atoms with Crippen molar-refractivity contribution in [2.75, 3.05) is 18.0 Å². The highest BCUT2D eigenvalue weighted by Crippen LogP contribution is 2.29. The predicted molar refractivity (Wildman–Crippen MR) is 115 cm³/mol. The summed E-state index contributed by atoms with van der Waals surface area (Å²) >= 11 is 0. The lowest BCUT2D eigenvalue weighted by Crippen LogP contribution is -2.45. The first-order valence-corrected chi connectivity index (χ1v) is 10.3. The van der Waals surface area contributed by atoms with E-state index in [0.717, 1.165) is 48.7 Å². The summed E-state index contributed by atoms with van der Waals surface area (Å²) in [5, 5.41) is 7.18. The molecule has 8 heteroatoms. The maximum absolute atomic E-state index is 12.4. The Morgan fingerprint density at radius 3 is 2.53 bits per heavy atom. The number of anilines is 1. The Kier molecular flexibility index (Phi) is 5.74. The van der Waals surface area contributed by atoms with Gasteiger partial charge in [-0.15, -0.1) is 0 Å². The molecule has 1 saturated heterocycles. The molecule has 4 heterocycles. The fraction of sp³-hybridized carbons (Fsp3) is 0.409. The van der Waals surface area contributed by atoms with Crippen molar-refractivity contribution in [3.8, 4) is 11.1 Å². The Balaban J connectivity index is 1.43. The molecule has 0 bridgehead atoms. The molecule has 4 rings (SSSR count). The second-order valence-electron chi connectivity index (χ2n) is 8.00. The van der Waals surface area contributed by atoms with Crippen molar-refractivity contribution >= 4 is 11.9 Å². The summed E-state index contributed by atoms with van der Waals surface area (Å²) < 4.78 is 1.64. The number of pyridine rings is 1. The van der Waals surface area contributed by atoms with E-state index < -0.39 is 0 Å². The largest absolute Gasteiger partial charge is 0.349 e. The summed E-state index contributed by atoms with van der Waals surface area (Å²) in [6, 6.07) is 4.12. The minimum Gasteiger partial charge on any atom is -0.349 e. The highest BCUT2D eigenvalue weighted by molar-refractivity contribution is 5.93. The van der Waals surface area contributed by atoms with E-state index in [4.69, 9.17) is 4.98 Å². The first-order valence-electron chi connectivity index (χ1n) is 10.3. The SMILES string of the molecule is CC(C)c1nc(N2CCC(NC(=O)c3cnn(C)c3)CC2)ncc1-c1ccncc1. The fourth-order valence-electron chi connectivity index (χ4n) is 3.76. The van der Waals surface area contributed by atoms with Gasteiger partial charge in [-0.2, -0.15) is 5.10 Å². The van der Waals surface area contributed by atoms with Crippen molar-refractivity contribution in [2.24, 2.45) is 7.05 Å². The number of nitrogens with one attached hydrogen (secondary N) is 1. The van der Waals surface area contributed by atoms with E-state index in [0.29, 0.717) is 5.56 Å². The molecular formula is C22H27N7O. The van der Waals surface area contributed by atoms with Crippen LogP contribution in [-0.2, 0) is 7.05 Å². The van der Waals surface area contributed by atoms with Gasteiger partial charge in [0.05, 0.1) is 17.5 Å². The molecule has 30 heavy (non-hydrogen) atoms. The Bertz CT molecular complexity index is 1010. The van der Waals surface area contributed by atoms with Gasteiger partial charge in [-0.25, -0.2) is 9.97 Å². The molecule has 1 N–H and O–H groups in total. The number of aromatic nitrogens is 5. The van der Waals surface area contributed by atoms with Crippen LogP contribution in [0.3, 0.4) is 0 Å². The minimum atomic E-state index is -0.0680.